The van der Waals surface area contributed by atoms with E-state index in [9.17, 15) is 4.21 Å². The maximum absolute atomic E-state index is 10.9. The molecule has 0 aromatic carbocycles. The van der Waals surface area contributed by atoms with Crippen LogP contribution in [-0.2, 0) is 20.0 Å². The van der Waals surface area contributed by atoms with Crippen LogP contribution in [0, 0.1) is 0 Å². The summed E-state index contributed by atoms with van der Waals surface area (Å²) in [4.78, 5) is 1.68. The molecule has 3 nitrogen and oxygen atoms in total. The Balaban J connectivity index is 4.38. The molecule has 1 N–H and O–H groups in total. The van der Waals surface area contributed by atoms with Gasteiger partial charge >= 0.3 is 0 Å². The summed E-state index contributed by atoms with van der Waals surface area (Å²) < 4.78 is 19.8. The molecule has 0 aliphatic heterocycles. The fraction of sp³-hybridized carbons (Fsp3) is 1.00. The Bertz CT molecular complexity index is 186. The van der Waals surface area contributed by atoms with E-state index in [4.69, 9.17) is 4.55 Å². The molecule has 0 aromatic rings. The Morgan fingerprint density at radius 3 is 2.10 bits per heavy atom. The second-order valence-electron chi connectivity index (χ2n) is 2.34. The van der Waals surface area contributed by atoms with Crippen molar-refractivity contribution in [3.63, 3.8) is 0 Å². The van der Waals surface area contributed by atoms with Crippen molar-refractivity contribution in [2.24, 2.45) is 0 Å². The molecule has 0 rings (SSSR count). The molecule has 0 saturated heterocycles. The Kier molecular flexibility index (Phi) is 3.72. The molecule has 0 spiro atoms. The van der Waals surface area contributed by atoms with Gasteiger partial charge in [-0.1, -0.05) is 6.92 Å². The van der Waals surface area contributed by atoms with E-state index in [2.05, 4.69) is 11.2 Å². The van der Waals surface area contributed by atoms with Crippen LogP contribution in [0.15, 0.2) is 0 Å². The molecule has 10 heavy (non-hydrogen) atoms. The molecule has 2 atom stereocenters. The molecule has 0 fully saturated rings. The lowest BCUT2D eigenvalue weighted by atomic mass is 10.4. The van der Waals surface area contributed by atoms with E-state index < -0.39 is 14.1 Å². The first-order chi connectivity index (χ1) is 4.39. The topological polar surface area (TPSA) is 40.5 Å². The minimum atomic E-state index is -3.05. The number of hydrogen-bond acceptors (Lipinski definition) is 3. The highest BCUT2D eigenvalue weighted by atomic mass is 32.8. The summed E-state index contributed by atoms with van der Waals surface area (Å²) in [5, 5.41) is -0.400. The fourth-order valence-corrected chi connectivity index (χ4v) is 2.72. The van der Waals surface area contributed by atoms with Gasteiger partial charge in [-0.15, -0.1) is 0 Å². The summed E-state index contributed by atoms with van der Waals surface area (Å²) in [6.45, 7) is 1.84. The van der Waals surface area contributed by atoms with Crippen molar-refractivity contribution in [1.29, 1.82) is 0 Å². The largest absolute Gasteiger partial charge is 0.304 e. The van der Waals surface area contributed by atoms with Crippen LogP contribution < -0.4 is 0 Å². The van der Waals surface area contributed by atoms with E-state index in [-0.39, 0.29) is 0 Å². The van der Waals surface area contributed by atoms with Crippen LogP contribution in [0.3, 0.4) is 0 Å². The van der Waals surface area contributed by atoms with Gasteiger partial charge in [0.1, 0.15) is 5.37 Å². The van der Waals surface area contributed by atoms with Gasteiger partial charge in [0, 0.05) is 11.2 Å². The zero-order valence-electron chi connectivity index (χ0n) is 6.40. The summed E-state index contributed by atoms with van der Waals surface area (Å²) >= 11 is 4.42. The van der Waals surface area contributed by atoms with Gasteiger partial charge in [0.2, 0.25) is 0 Å². The molecular formula is C5H13NO2S2. The van der Waals surface area contributed by atoms with Gasteiger partial charge in [-0.2, -0.15) is 0 Å². The van der Waals surface area contributed by atoms with Crippen molar-refractivity contribution >= 4 is 20.0 Å². The van der Waals surface area contributed by atoms with Crippen LogP contribution in [0.1, 0.15) is 13.3 Å². The van der Waals surface area contributed by atoms with Crippen molar-refractivity contribution in [3.8, 4) is 0 Å². The number of hydrogen-bond donors (Lipinski definition) is 1. The maximum Gasteiger partial charge on any atom is 0.158 e. The smallest absolute Gasteiger partial charge is 0.158 e. The van der Waals surface area contributed by atoms with E-state index in [0.29, 0.717) is 6.42 Å². The van der Waals surface area contributed by atoms with E-state index in [0.717, 1.165) is 0 Å². The van der Waals surface area contributed by atoms with Gasteiger partial charge in [-0.05, 0) is 20.5 Å². The number of nitrogens with zero attached hydrogens (tertiary/aromatic N) is 1. The predicted molar refractivity (Wildman–Crippen MR) is 45.9 cm³/mol. The molecule has 0 aliphatic rings. The average molecular weight is 183 g/mol. The number of rotatable bonds is 3. The highest BCUT2D eigenvalue weighted by Crippen LogP contribution is 2.05. The van der Waals surface area contributed by atoms with Crippen molar-refractivity contribution in [3.05, 3.63) is 0 Å². The molecule has 0 bridgehead atoms. The molecule has 0 amide bonds. The first kappa shape index (κ1) is 10.3. The van der Waals surface area contributed by atoms with Crippen LogP contribution in [0.5, 0.6) is 0 Å². The van der Waals surface area contributed by atoms with E-state index in [1.165, 1.54) is 0 Å². The standard InChI is InChI=1S/C5H13NO2S2/c1-4-5(6(2)3)10(7,8)9/h5H,4H2,1-3H3,(H,7,8,9). The third-order valence-electron chi connectivity index (χ3n) is 1.27. The van der Waals surface area contributed by atoms with Crippen LogP contribution in [0.25, 0.3) is 0 Å². The second kappa shape index (κ2) is 3.61. The SMILES string of the molecule is CCC(N(C)C)S(=O)(O)=S. The Morgan fingerprint density at radius 1 is 1.70 bits per heavy atom. The molecule has 0 aliphatic carbocycles. The normalized spacial score (nSPS) is 20.5. The lowest BCUT2D eigenvalue weighted by Crippen LogP contribution is -2.33. The third kappa shape index (κ3) is 2.92. The minimum Gasteiger partial charge on any atom is -0.304 e. The van der Waals surface area contributed by atoms with Crippen LogP contribution in [0.2, 0.25) is 0 Å². The molecule has 0 heterocycles. The van der Waals surface area contributed by atoms with E-state index >= 15 is 0 Å². The first-order valence-corrected chi connectivity index (χ1v) is 5.52. The average Bonchev–Trinajstić information content (AvgIpc) is 1.60. The zero-order valence-corrected chi connectivity index (χ0v) is 8.04. The summed E-state index contributed by atoms with van der Waals surface area (Å²) in [7, 11) is 0.438. The first-order valence-electron chi connectivity index (χ1n) is 3.02. The molecule has 2 unspecified atom stereocenters. The Morgan fingerprint density at radius 2 is 2.10 bits per heavy atom. The lowest BCUT2D eigenvalue weighted by Gasteiger charge is -2.20. The summed E-state index contributed by atoms with van der Waals surface area (Å²) in [6, 6.07) is 0. The summed E-state index contributed by atoms with van der Waals surface area (Å²) in [6.07, 6.45) is 0.603. The molecule has 5 heteroatoms. The Labute approximate surface area is 66.9 Å². The molecular weight excluding hydrogens is 170 g/mol. The lowest BCUT2D eigenvalue weighted by molar-refractivity contribution is 0.350. The van der Waals surface area contributed by atoms with E-state index in [1.807, 2.05) is 6.92 Å². The van der Waals surface area contributed by atoms with Crippen molar-refractivity contribution in [1.82, 2.24) is 4.90 Å². The third-order valence-corrected chi connectivity index (χ3v) is 3.38. The van der Waals surface area contributed by atoms with Gasteiger partial charge in [-0.3, -0.25) is 4.90 Å². The molecule has 0 radical (unpaired) electrons. The van der Waals surface area contributed by atoms with Gasteiger partial charge in [-0.25, -0.2) is 4.21 Å². The highest BCUT2D eigenvalue weighted by molar-refractivity contribution is 8.30. The second-order valence-corrected chi connectivity index (χ2v) is 5.35. The van der Waals surface area contributed by atoms with Gasteiger partial charge in [0.15, 0.2) is 8.77 Å². The summed E-state index contributed by atoms with van der Waals surface area (Å²) in [5.41, 5.74) is 0. The van der Waals surface area contributed by atoms with Gasteiger partial charge in [0.25, 0.3) is 0 Å². The van der Waals surface area contributed by atoms with Crippen LogP contribution >= 0.6 is 0 Å². The van der Waals surface area contributed by atoms with Crippen molar-refractivity contribution < 1.29 is 8.76 Å². The molecule has 0 aromatic heterocycles. The van der Waals surface area contributed by atoms with Crippen LogP contribution in [0.4, 0.5) is 0 Å². The Hall–Kier alpha value is 0.290. The highest BCUT2D eigenvalue weighted by Gasteiger charge is 2.18. The van der Waals surface area contributed by atoms with Crippen molar-refractivity contribution in [2.45, 2.75) is 18.7 Å². The zero-order chi connectivity index (χ0) is 8.36. The quantitative estimate of drug-likeness (QED) is 0.692. The van der Waals surface area contributed by atoms with Gasteiger partial charge in [0.05, 0.1) is 0 Å². The predicted octanol–water partition coefficient (Wildman–Crippen LogP) is 0.503. The monoisotopic (exact) mass is 183 g/mol. The van der Waals surface area contributed by atoms with Crippen LogP contribution in [-0.4, -0.2) is 33.1 Å². The van der Waals surface area contributed by atoms with Gasteiger partial charge < -0.3 is 4.55 Å². The maximum atomic E-state index is 10.9. The molecule has 62 valence electrons. The van der Waals surface area contributed by atoms with Crippen molar-refractivity contribution in [2.75, 3.05) is 14.1 Å². The molecule has 0 saturated carbocycles. The summed E-state index contributed by atoms with van der Waals surface area (Å²) in [5.74, 6) is 0. The minimum absolute atomic E-state index is 0.400. The van der Waals surface area contributed by atoms with E-state index in [1.54, 1.807) is 19.0 Å². The fourth-order valence-electron chi connectivity index (χ4n) is 0.842.